The zero-order valence-electron chi connectivity index (χ0n) is 10.4. The van der Waals surface area contributed by atoms with Crippen LogP contribution in [0.1, 0.15) is 17.2 Å². The van der Waals surface area contributed by atoms with Crippen LogP contribution in [0.2, 0.25) is 0 Å². The van der Waals surface area contributed by atoms with E-state index in [9.17, 15) is 0 Å². The van der Waals surface area contributed by atoms with Gasteiger partial charge in [0, 0.05) is 22.1 Å². The lowest BCUT2D eigenvalue weighted by Gasteiger charge is -2.25. The van der Waals surface area contributed by atoms with Crippen molar-refractivity contribution in [2.45, 2.75) is 10.9 Å². The molecule has 94 valence electrons. The first kappa shape index (κ1) is 11.1. The zero-order chi connectivity index (χ0) is 12.7. The standard InChI is InChI=1S/C16H14N2S/c1-2-6-11(7-3-1)15-13-10-19-14-9-5-4-8-12(14)16(13)18-17-15/h1-9,13,15,17H,10H2. The molecule has 4 rings (SSSR count). The van der Waals surface area contributed by atoms with Crippen LogP contribution in [0.15, 0.2) is 64.6 Å². The number of hydrazone groups is 1. The molecule has 0 aromatic heterocycles. The highest BCUT2D eigenvalue weighted by molar-refractivity contribution is 7.99. The first-order chi connectivity index (χ1) is 9.43. The predicted molar refractivity (Wildman–Crippen MR) is 79.5 cm³/mol. The van der Waals surface area contributed by atoms with Crippen molar-refractivity contribution >= 4 is 17.5 Å². The van der Waals surface area contributed by atoms with Gasteiger partial charge in [0.25, 0.3) is 0 Å². The Morgan fingerprint density at radius 1 is 1.00 bits per heavy atom. The number of nitrogens with zero attached hydrogens (tertiary/aromatic N) is 1. The zero-order valence-corrected chi connectivity index (χ0v) is 11.2. The monoisotopic (exact) mass is 266 g/mol. The maximum atomic E-state index is 4.61. The van der Waals surface area contributed by atoms with Gasteiger partial charge in [-0.2, -0.15) is 5.10 Å². The van der Waals surface area contributed by atoms with Gasteiger partial charge in [-0.3, -0.25) is 0 Å². The Bertz CT molecular complexity index is 636. The minimum atomic E-state index is 0.317. The van der Waals surface area contributed by atoms with Crippen molar-refractivity contribution in [3.05, 3.63) is 65.7 Å². The van der Waals surface area contributed by atoms with Crippen molar-refractivity contribution in [2.24, 2.45) is 11.0 Å². The van der Waals surface area contributed by atoms with E-state index < -0.39 is 0 Å². The van der Waals surface area contributed by atoms with E-state index in [1.165, 1.54) is 21.7 Å². The lowest BCUT2D eigenvalue weighted by Crippen LogP contribution is -2.26. The van der Waals surface area contributed by atoms with E-state index in [4.69, 9.17) is 0 Å². The van der Waals surface area contributed by atoms with E-state index in [0.717, 1.165) is 5.75 Å². The Balaban J connectivity index is 1.72. The third-order valence-corrected chi connectivity index (χ3v) is 5.01. The van der Waals surface area contributed by atoms with Gasteiger partial charge in [-0.15, -0.1) is 11.8 Å². The first-order valence-electron chi connectivity index (χ1n) is 6.54. The third kappa shape index (κ3) is 1.77. The Morgan fingerprint density at radius 2 is 1.79 bits per heavy atom. The molecule has 2 nitrogen and oxygen atoms in total. The molecule has 3 heteroatoms. The molecule has 2 aromatic carbocycles. The van der Waals surface area contributed by atoms with Crippen molar-refractivity contribution < 1.29 is 0 Å². The number of hydrogen-bond donors (Lipinski definition) is 1. The fraction of sp³-hybridized carbons (Fsp3) is 0.188. The van der Waals surface area contributed by atoms with Crippen LogP contribution >= 0.6 is 11.8 Å². The number of nitrogens with one attached hydrogen (secondary N) is 1. The van der Waals surface area contributed by atoms with Gasteiger partial charge in [0.2, 0.25) is 0 Å². The van der Waals surface area contributed by atoms with Crippen molar-refractivity contribution in [3.63, 3.8) is 0 Å². The molecular weight excluding hydrogens is 252 g/mol. The topological polar surface area (TPSA) is 24.4 Å². The summed E-state index contributed by atoms with van der Waals surface area (Å²) in [4.78, 5) is 1.35. The number of rotatable bonds is 1. The molecule has 2 unspecified atom stereocenters. The average molecular weight is 266 g/mol. The molecule has 0 aliphatic carbocycles. The Labute approximate surface area is 116 Å². The second-order valence-corrected chi connectivity index (χ2v) is 5.99. The van der Waals surface area contributed by atoms with Crippen LogP contribution < -0.4 is 5.43 Å². The van der Waals surface area contributed by atoms with Crippen LogP contribution in [0.4, 0.5) is 0 Å². The second kappa shape index (κ2) is 4.42. The van der Waals surface area contributed by atoms with Gasteiger partial charge >= 0.3 is 0 Å². The van der Waals surface area contributed by atoms with E-state index in [0.29, 0.717) is 12.0 Å². The predicted octanol–water partition coefficient (Wildman–Crippen LogP) is 3.46. The SMILES string of the molecule is c1ccc(C2NN=C3c4ccccc4SCC32)cc1. The van der Waals surface area contributed by atoms with Crippen LogP contribution in [0.25, 0.3) is 0 Å². The third-order valence-electron chi connectivity index (χ3n) is 3.82. The summed E-state index contributed by atoms with van der Waals surface area (Å²) in [5, 5.41) is 4.61. The molecule has 0 spiro atoms. The van der Waals surface area contributed by atoms with Crippen molar-refractivity contribution in [1.29, 1.82) is 0 Å². The average Bonchev–Trinajstić information content (AvgIpc) is 2.92. The largest absolute Gasteiger partial charge is 0.302 e. The van der Waals surface area contributed by atoms with Crippen molar-refractivity contribution in [3.8, 4) is 0 Å². The van der Waals surface area contributed by atoms with Gasteiger partial charge in [-0.25, -0.2) is 0 Å². The van der Waals surface area contributed by atoms with Crippen molar-refractivity contribution in [2.75, 3.05) is 5.75 Å². The van der Waals surface area contributed by atoms with Gasteiger partial charge in [0.05, 0.1) is 11.8 Å². The van der Waals surface area contributed by atoms with Crippen LogP contribution in [-0.4, -0.2) is 11.5 Å². The number of thioether (sulfide) groups is 1. The maximum absolute atomic E-state index is 4.61. The Hall–Kier alpha value is -1.74. The van der Waals surface area contributed by atoms with E-state index in [-0.39, 0.29) is 0 Å². The lowest BCUT2D eigenvalue weighted by molar-refractivity contribution is 0.529. The molecule has 0 radical (unpaired) electrons. The summed E-state index contributed by atoms with van der Waals surface area (Å²) < 4.78 is 0. The number of hydrogen-bond acceptors (Lipinski definition) is 3. The van der Waals surface area contributed by atoms with Gasteiger partial charge < -0.3 is 5.43 Å². The fourth-order valence-electron chi connectivity index (χ4n) is 2.86. The van der Waals surface area contributed by atoms with Crippen molar-refractivity contribution in [1.82, 2.24) is 5.43 Å². The molecule has 2 atom stereocenters. The number of fused-ring (bicyclic) bond motifs is 3. The number of benzene rings is 2. The molecule has 0 saturated carbocycles. The van der Waals surface area contributed by atoms with Crippen LogP contribution in [0.5, 0.6) is 0 Å². The Kier molecular flexibility index (Phi) is 2.59. The molecule has 2 aliphatic rings. The van der Waals surface area contributed by atoms with Gasteiger partial charge in [0.1, 0.15) is 0 Å². The summed E-state index contributed by atoms with van der Waals surface area (Å²) in [6.07, 6.45) is 0. The summed E-state index contributed by atoms with van der Waals surface area (Å²) in [7, 11) is 0. The molecule has 2 aliphatic heterocycles. The molecule has 0 fully saturated rings. The van der Waals surface area contributed by atoms with E-state index in [2.05, 4.69) is 65.1 Å². The minimum absolute atomic E-state index is 0.317. The summed E-state index contributed by atoms with van der Waals surface area (Å²) >= 11 is 1.94. The molecular formula is C16H14N2S. The van der Waals surface area contributed by atoms with Crippen LogP contribution in [-0.2, 0) is 0 Å². The highest BCUT2D eigenvalue weighted by atomic mass is 32.2. The molecule has 0 amide bonds. The van der Waals surface area contributed by atoms with Gasteiger partial charge in [-0.1, -0.05) is 48.5 Å². The summed E-state index contributed by atoms with van der Waals surface area (Å²) in [6.45, 7) is 0. The Morgan fingerprint density at radius 3 is 2.68 bits per heavy atom. The van der Waals surface area contributed by atoms with E-state index >= 15 is 0 Å². The molecule has 2 aromatic rings. The quantitative estimate of drug-likeness (QED) is 0.855. The highest BCUT2D eigenvalue weighted by Crippen LogP contribution is 2.41. The van der Waals surface area contributed by atoms with Gasteiger partial charge in [0.15, 0.2) is 0 Å². The molecule has 0 bridgehead atoms. The maximum Gasteiger partial charge on any atom is 0.0782 e. The summed E-state index contributed by atoms with van der Waals surface area (Å²) in [6, 6.07) is 19.5. The molecule has 2 heterocycles. The highest BCUT2D eigenvalue weighted by Gasteiger charge is 2.37. The van der Waals surface area contributed by atoms with E-state index in [1.807, 2.05) is 11.8 Å². The first-order valence-corrected chi connectivity index (χ1v) is 7.52. The van der Waals surface area contributed by atoms with Crippen LogP contribution in [0, 0.1) is 5.92 Å². The minimum Gasteiger partial charge on any atom is -0.302 e. The van der Waals surface area contributed by atoms with Gasteiger partial charge in [-0.05, 0) is 11.6 Å². The lowest BCUT2D eigenvalue weighted by atomic mass is 9.88. The normalized spacial score (nSPS) is 24.1. The summed E-state index contributed by atoms with van der Waals surface area (Å²) in [5.74, 6) is 1.57. The van der Waals surface area contributed by atoms with E-state index in [1.54, 1.807) is 0 Å². The molecule has 19 heavy (non-hydrogen) atoms. The molecule has 1 N–H and O–H groups in total. The summed E-state index contributed by atoms with van der Waals surface area (Å²) in [5.41, 5.74) is 7.18. The smallest absolute Gasteiger partial charge is 0.0782 e. The fourth-order valence-corrected chi connectivity index (χ4v) is 4.07. The molecule has 0 saturated heterocycles. The van der Waals surface area contributed by atoms with Crippen LogP contribution in [0.3, 0.4) is 0 Å². The second-order valence-electron chi connectivity index (χ2n) is 4.93.